The first-order valence-corrected chi connectivity index (χ1v) is 11.4. The molecule has 0 bridgehead atoms. The Morgan fingerprint density at radius 2 is 2.03 bits per heavy atom. The number of urea groups is 1. The molecule has 1 aromatic rings. The van der Waals surface area contributed by atoms with E-state index in [9.17, 15) is 18.0 Å². The molecule has 5 nitrogen and oxygen atoms in total. The Labute approximate surface area is 194 Å². The molecule has 3 unspecified atom stereocenters. The molecule has 9 heteroatoms. The monoisotopic (exact) mass is 546 g/mol. The molecule has 2 aliphatic rings. The highest BCUT2D eigenvalue weighted by molar-refractivity contribution is 14.1. The highest BCUT2D eigenvalue weighted by Crippen LogP contribution is 2.30. The van der Waals surface area contributed by atoms with Crippen molar-refractivity contribution in [2.75, 3.05) is 18.5 Å². The van der Waals surface area contributed by atoms with E-state index in [1.807, 2.05) is 37.3 Å². The van der Waals surface area contributed by atoms with E-state index in [2.05, 4.69) is 38.2 Å². The molecule has 0 spiro atoms. The molecule has 31 heavy (non-hydrogen) atoms. The molecule has 1 saturated carbocycles. The van der Waals surface area contributed by atoms with Crippen LogP contribution >= 0.6 is 22.6 Å². The third kappa shape index (κ3) is 6.02. The lowest BCUT2D eigenvalue weighted by molar-refractivity contribution is -0.0581. The van der Waals surface area contributed by atoms with Crippen LogP contribution in [0, 0.1) is 5.92 Å². The number of hydrogen-bond acceptors (Lipinski definition) is 3. The fraction of sp³-hybridized carbons (Fsp3) is 0.455. The van der Waals surface area contributed by atoms with Crippen molar-refractivity contribution in [1.82, 2.24) is 10.6 Å². The lowest BCUT2D eigenvalue weighted by Gasteiger charge is -2.27. The molecule has 1 aliphatic heterocycles. The summed E-state index contributed by atoms with van der Waals surface area (Å²) >= 11 is 2.21. The van der Waals surface area contributed by atoms with Crippen molar-refractivity contribution in [2.24, 2.45) is 10.9 Å². The number of rotatable bonds is 5. The van der Waals surface area contributed by atoms with Crippen LogP contribution in [0.3, 0.4) is 0 Å². The molecule has 0 saturated heterocycles. The number of carbonyl (C=O) groups is 1. The van der Waals surface area contributed by atoms with E-state index < -0.39 is 11.9 Å². The second kappa shape index (κ2) is 10.1. The topological polar surface area (TPSA) is 56.7 Å². The minimum atomic E-state index is -4.47. The van der Waals surface area contributed by atoms with Gasteiger partial charge in [0.1, 0.15) is 5.71 Å². The first kappa shape index (κ1) is 23.6. The van der Waals surface area contributed by atoms with Crippen molar-refractivity contribution in [1.29, 1.82) is 0 Å². The fourth-order valence-electron chi connectivity index (χ4n) is 3.71. The highest BCUT2D eigenvalue weighted by atomic mass is 127. The van der Waals surface area contributed by atoms with Crippen LogP contribution in [0.5, 0.6) is 0 Å². The summed E-state index contributed by atoms with van der Waals surface area (Å²) in [5.41, 5.74) is 1.41. The van der Waals surface area contributed by atoms with Crippen molar-refractivity contribution in [2.45, 2.75) is 42.3 Å². The highest BCUT2D eigenvalue weighted by Gasteiger charge is 2.37. The number of nitrogens with one attached hydrogen (secondary N) is 2. The van der Waals surface area contributed by atoms with Crippen molar-refractivity contribution in [3.8, 4) is 0 Å². The molecule has 1 heterocycles. The summed E-state index contributed by atoms with van der Waals surface area (Å²) in [7, 11) is 1.71. The third-order valence-electron chi connectivity index (χ3n) is 5.57. The third-order valence-corrected chi connectivity index (χ3v) is 6.44. The zero-order valence-electron chi connectivity index (χ0n) is 17.4. The van der Waals surface area contributed by atoms with Crippen LogP contribution in [0.4, 0.5) is 23.7 Å². The first-order chi connectivity index (χ1) is 14.7. The summed E-state index contributed by atoms with van der Waals surface area (Å²) in [6, 6.07) is 8.96. The summed E-state index contributed by atoms with van der Waals surface area (Å²) in [6.07, 6.45) is 0.885. The summed E-state index contributed by atoms with van der Waals surface area (Å²) in [4.78, 5) is 17.9. The SMILES string of the molecule is CC(I)C1CN=C(C(F)(F)F)C=C1N/C=C1\CCCC1NC(=O)N(C)c1ccccc1. The van der Waals surface area contributed by atoms with E-state index in [0.29, 0.717) is 5.70 Å². The second-order valence-electron chi connectivity index (χ2n) is 7.76. The molecule has 1 aromatic carbocycles. The summed E-state index contributed by atoms with van der Waals surface area (Å²) < 4.78 is 39.5. The van der Waals surface area contributed by atoms with Crippen LogP contribution in [0.15, 0.2) is 58.9 Å². The maximum absolute atomic E-state index is 13.1. The standard InChI is InChI=1S/C22H26F3IN4O/c1-14(26)17-13-28-20(22(23,24)25)11-19(17)27-12-15-7-6-10-18(15)29-21(31)30(2)16-8-4-3-5-9-16/h3-5,8-9,11-12,14,17-18,27H,6-7,10,13H2,1-2H3,(H,29,31)/b15-12+. The van der Waals surface area contributed by atoms with Gasteiger partial charge in [-0.1, -0.05) is 47.7 Å². The van der Waals surface area contributed by atoms with Gasteiger partial charge in [-0.05, 0) is 43.0 Å². The minimum Gasteiger partial charge on any atom is -0.365 e. The normalized spacial score (nSPS) is 23.7. The number of amides is 2. The van der Waals surface area contributed by atoms with Gasteiger partial charge in [-0.25, -0.2) is 4.79 Å². The van der Waals surface area contributed by atoms with Crippen molar-refractivity contribution >= 4 is 40.0 Å². The lowest BCUT2D eigenvalue weighted by atomic mass is 9.98. The molecule has 3 atom stereocenters. The van der Waals surface area contributed by atoms with E-state index in [4.69, 9.17) is 0 Å². The van der Waals surface area contributed by atoms with E-state index in [1.165, 1.54) is 0 Å². The average Bonchev–Trinajstić information content (AvgIpc) is 3.18. The number of dihydropyridines is 1. The van der Waals surface area contributed by atoms with Crippen molar-refractivity contribution in [3.63, 3.8) is 0 Å². The average molecular weight is 546 g/mol. The van der Waals surface area contributed by atoms with Gasteiger partial charge in [0.05, 0.1) is 6.04 Å². The largest absolute Gasteiger partial charge is 0.432 e. The zero-order valence-corrected chi connectivity index (χ0v) is 19.6. The maximum Gasteiger partial charge on any atom is 0.432 e. The molecule has 0 radical (unpaired) electrons. The van der Waals surface area contributed by atoms with Gasteiger partial charge >= 0.3 is 12.2 Å². The number of alkyl halides is 4. The number of hydrogen-bond donors (Lipinski definition) is 2. The fourth-order valence-corrected chi connectivity index (χ4v) is 4.32. The number of allylic oxidation sites excluding steroid dienone is 1. The van der Waals surface area contributed by atoms with Crippen molar-refractivity contribution < 1.29 is 18.0 Å². The maximum atomic E-state index is 13.1. The van der Waals surface area contributed by atoms with Gasteiger partial charge in [0.2, 0.25) is 0 Å². The number of para-hydroxylation sites is 1. The molecular weight excluding hydrogens is 520 g/mol. The van der Waals surface area contributed by atoms with Crippen LogP contribution in [-0.4, -0.2) is 41.5 Å². The Kier molecular flexibility index (Phi) is 7.66. The Morgan fingerprint density at radius 3 is 2.68 bits per heavy atom. The predicted octanol–water partition coefficient (Wildman–Crippen LogP) is 5.20. The number of benzene rings is 1. The van der Waals surface area contributed by atoms with Gasteiger partial charge < -0.3 is 10.6 Å². The van der Waals surface area contributed by atoms with Gasteiger partial charge in [-0.15, -0.1) is 0 Å². The van der Waals surface area contributed by atoms with E-state index >= 15 is 0 Å². The van der Waals surface area contributed by atoms with Crippen LogP contribution < -0.4 is 15.5 Å². The second-order valence-corrected chi connectivity index (χ2v) is 9.72. The number of halogens is 4. The Bertz CT molecular complexity index is 880. The Hall–Kier alpha value is -2.04. The van der Waals surface area contributed by atoms with Crippen LogP contribution in [0.2, 0.25) is 0 Å². The van der Waals surface area contributed by atoms with Gasteiger partial charge in [0.15, 0.2) is 0 Å². The van der Waals surface area contributed by atoms with Crippen molar-refractivity contribution in [3.05, 3.63) is 53.9 Å². The minimum absolute atomic E-state index is 0.100. The molecular formula is C22H26F3IN4O. The summed E-state index contributed by atoms with van der Waals surface area (Å²) in [5.74, 6) is -0.123. The number of nitrogens with zero attached hydrogens (tertiary/aromatic N) is 2. The molecule has 3 rings (SSSR count). The Balaban J connectivity index is 1.70. The molecule has 2 N–H and O–H groups in total. The number of anilines is 1. The quantitative estimate of drug-likeness (QED) is 0.394. The van der Waals surface area contributed by atoms with Crippen LogP contribution in [0.1, 0.15) is 26.2 Å². The lowest BCUT2D eigenvalue weighted by Crippen LogP contribution is -2.43. The van der Waals surface area contributed by atoms with E-state index in [1.54, 1.807) is 18.1 Å². The summed E-state index contributed by atoms with van der Waals surface area (Å²) in [6.45, 7) is 2.06. The molecule has 1 fully saturated rings. The molecule has 1 aliphatic carbocycles. The first-order valence-electron chi connectivity index (χ1n) is 10.2. The smallest absolute Gasteiger partial charge is 0.365 e. The van der Waals surface area contributed by atoms with E-state index in [-0.39, 0.29) is 28.5 Å². The predicted molar refractivity (Wildman–Crippen MR) is 126 cm³/mol. The zero-order chi connectivity index (χ0) is 22.6. The molecule has 2 amide bonds. The molecule has 168 valence electrons. The Morgan fingerprint density at radius 1 is 1.32 bits per heavy atom. The number of carbonyl (C=O) groups excluding carboxylic acids is 1. The van der Waals surface area contributed by atoms with Gasteiger partial charge in [-0.2, -0.15) is 13.2 Å². The van der Waals surface area contributed by atoms with Crippen LogP contribution in [0.25, 0.3) is 0 Å². The summed E-state index contributed by atoms with van der Waals surface area (Å²) in [5, 5.41) is 6.15. The van der Waals surface area contributed by atoms with Crippen LogP contribution in [-0.2, 0) is 0 Å². The van der Waals surface area contributed by atoms with E-state index in [0.717, 1.165) is 36.6 Å². The number of aliphatic imine (C=N–C) groups is 1. The van der Waals surface area contributed by atoms with Gasteiger partial charge in [-0.3, -0.25) is 9.89 Å². The van der Waals surface area contributed by atoms with Gasteiger partial charge in [0.25, 0.3) is 0 Å². The molecule has 0 aromatic heterocycles. The van der Waals surface area contributed by atoms with Gasteiger partial charge in [0, 0.05) is 41.0 Å².